The quantitative estimate of drug-likeness (QED) is 0.503. The monoisotopic (exact) mass is 257 g/mol. The number of aliphatic hydroxyl groups is 1. The summed E-state index contributed by atoms with van der Waals surface area (Å²) in [6, 6.07) is 0. The van der Waals surface area contributed by atoms with E-state index in [0.717, 1.165) is 19.0 Å². The van der Waals surface area contributed by atoms with Crippen molar-refractivity contribution in [1.29, 1.82) is 0 Å². The molecule has 0 radical (unpaired) electrons. The lowest BCUT2D eigenvalue weighted by Crippen LogP contribution is -2.28. The minimum absolute atomic E-state index is 0.286. The number of aliphatic hydroxyl groups excluding tert-OH is 1. The smallest absolute Gasteiger partial charge is 0.0558 e. The van der Waals surface area contributed by atoms with Gasteiger partial charge >= 0.3 is 0 Å². The molecule has 0 aliphatic carbocycles. The summed E-state index contributed by atoms with van der Waals surface area (Å²) < 4.78 is 0. The standard InChI is InChI=1S/C16H35NO/c1-4-6-8-10-12-16(11-9-7-5-2)15-17(3)13-14-18/h16,18H,4-15H2,1-3H3. The minimum atomic E-state index is 0.286. The Hall–Kier alpha value is -0.0800. The van der Waals surface area contributed by atoms with Crippen LogP contribution in [0.15, 0.2) is 0 Å². The number of hydrogen-bond donors (Lipinski definition) is 1. The highest BCUT2D eigenvalue weighted by molar-refractivity contribution is 4.65. The molecule has 0 saturated heterocycles. The highest BCUT2D eigenvalue weighted by Crippen LogP contribution is 2.18. The second-order valence-electron chi connectivity index (χ2n) is 5.70. The lowest BCUT2D eigenvalue weighted by molar-refractivity contribution is 0.193. The molecule has 110 valence electrons. The minimum Gasteiger partial charge on any atom is -0.395 e. The van der Waals surface area contributed by atoms with Crippen LogP contribution in [-0.2, 0) is 0 Å². The van der Waals surface area contributed by atoms with Crippen molar-refractivity contribution >= 4 is 0 Å². The van der Waals surface area contributed by atoms with Gasteiger partial charge in [0.15, 0.2) is 0 Å². The van der Waals surface area contributed by atoms with Gasteiger partial charge in [0.05, 0.1) is 6.61 Å². The predicted molar refractivity (Wildman–Crippen MR) is 81.0 cm³/mol. The second kappa shape index (κ2) is 13.4. The molecule has 0 aliphatic rings. The van der Waals surface area contributed by atoms with Gasteiger partial charge in [0.2, 0.25) is 0 Å². The average molecular weight is 257 g/mol. The molecule has 0 spiro atoms. The molecular formula is C16H35NO. The Kier molecular flexibility index (Phi) is 13.3. The van der Waals surface area contributed by atoms with Crippen LogP contribution < -0.4 is 0 Å². The molecule has 18 heavy (non-hydrogen) atoms. The van der Waals surface area contributed by atoms with E-state index in [0.29, 0.717) is 0 Å². The zero-order valence-electron chi connectivity index (χ0n) is 13.0. The van der Waals surface area contributed by atoms with Crippen LogP contribution in [-0.4, -0.2) is 36.8 Å². The second-order valence-corrected chi connectivity index (χ2v) is 5.70. The molecule has 1 N–H and O–H groups in total. The van der Waals surface area contributed by atoms with Crippen LogP contribution in [0.2, 0.25) is 0 Å². The van der Waals surface area contributed by atoms with Gasteiger partial charge in [-0.15, -0.1) is 0 Å². The highest BCUT2D eigenvalue weighted by atomic mass is 16.3. The molecule has 0 aromatic rings. The highest BCUT2D eigenvalue weighted by Gasteiger charge is 2.11. The third kappa shape index (κ3) is 11.0. The Morgan fingerprint density at radius 3 is 2.00 bits per heavy atom. The van der Waals surface area contributed by atoms with Crippen LogP contribution in [0.5, 0.6) is 0 Å². The van der Waals surface area contributed by atoms with E-state index in [9.17, 15) is 0 Å². The van der Waals surface area contributed by atoms with E-state index in [2.05, 4.69) is 25.8 Å². The molecule has 1 atom stereocenters. The topological polar surface area (TPSA) is 23.5 Å². The number of nitrogens with zero attached hydrogens (tertiary/aromatic N) is 1. The Morgan fingerprint density at radius 1 is 0.889 bits per heavy atom. The van der Waals surface area contributed by atoms with Crippen molar-refractivity contribution in [3.05, 3.63) is 0 Å². The molecule has 2 heteroatoms. The number of hydrogen-bond acceptors (Lipinski definition) is 2. The van der Waals surface area contributed by atoms with Crippen LogP contribution in [0.3, 0.4) is 0 Å². The molecular weight excluding hydrogens is 222 g/mol. The number of likely N-dealkylation sites (N-methyl/N-ethyl adjacent to an activating group) is 1. The van der Waals surface area contributed by atoms with Gasteiger partial charge in [-0.1, -0.05) is 58.8 Å². The van der Waals surface area contributed by atoms with Gasteiger partial charge in [-0.2, -0.15) is 0 Å². The molecule has 0 aromatic heterocycles. The molecule has 0 saturated carbocycles. The van der Waals surface area contributed by atoms with Gasteiger partial charge in [0.25, 0.3) is 0 Å². The SMILES string of the molecule is CCCCCCC(CCCCC)CN(C)CCO. The molecule has 2 nitrogen and oxygen atoms in total. The van der Waals surface area contributed by atoms with E-state index in [1.165, 1.54) is 57.8 Å². The van der Waals surface area contributed by atoms with Crippen molar-refractivity contribution < 1.29 is 5.11 Å². The van der Waals surface area contributed by atoms with Crippen molar-refractivity contribution in [3.63, 3.8) is 0 Å². The largest absolute Gasteiger partial charge is 0.395 e. The summed E-state index contributed by atoms with van der Waals surface area (Å²) in [5.41, 5.74) is 0. The normalized spacial score (nSPS) is 13.2. The fourth-order valence-electron chi connectivity index (χ4n) is 2.57. The molecule has 0 bridgehead atoms. The van der Waals surface area contributed by atoms with Crippen molar-refractivity contribution in [2.24, 2.45) is 5.92 Å². The molecule has 0 aliphatic heterocycles. The number of unbranched alkanes of at least 4 members (excludes halogenated alkanes) is 5. The maximum absolute atomic E-state index is 8.97. The van der Waals surface area contributed by atoms with Crippen molar-refractivity contribution in [3.8, 4) is 0 Å². The summed E-state index contributed by atoms with van der Waals surface area (Å²) in [4.78, 5) is 2.29. The average Bonchev–Trinajstić information content (AvgIpc) is 2.35. The first-order valence-corrected chi connectivity index (χ1v) is 8.03. The first-order valence-electron chi connectivity index (χ1n) is 8.03. The van der Waals surface area contributed by atoms with E-state index < -0.39 is 0 Å². The molecule has 0 aromatic carbocycles. The fraction of sp³-hybridized carbons (Fsp3) is 1.00. The number of rotatable bonds is 13. The van der Waals surface area contributed by atoms with Crippen LogP contribution >= 0.6 is 0 Å². The van der Waals surface area contributed by atoms with Gasteiger partial charge in [-0.25, -0.2) is 0 Å². The Balaban J connectivity index is 3.83. The first kappa shape index (κ1) is 17.9. The zero-order valence-corrected chi connectivity index (χ0v) is 13.0. The summed E-state index contributed by atoms with van der Waals surface area (Å²) in [5.74, 6) is 0.838. The Bertz CT molecular complexity index is 161. The van der Waals surface area contributed by atoms with Crippen LogP contribution in [0.4, 0.5) is 0 Å². The first-order chi connectivity index (χ1) is 8.74. The van der Waals surface area contributed by atoms with E-state index in [1.807, 2.05) is 0 Å². The maximum Gasteiger partial charge on any atom is 0.0558 e. The van der Waals surface area contributed by atoms with E-state index in [1.54, 1.807) is 0 Å². The van der Waals surface area contributed by atoms with Crippen LogP contribution in [0.25, 0.3) is 0 Å². The van der Waals surface area contributed by atoms with E-state index in [4.69, 9.17) is 5.11 Å². The summed E-state index contributed by atoms with van der Waals surface area (Å²) in [5, 5.41) is 8.97. The summed E-state index contributed by atoms with van der Waals surface area (Å²) in [7, 11) is 2.13. The van der Waals surface area contributed by atoms with Crippen LogP contribution in [0, 0.1) is 5.92 Å². The molecule has 0 heterocycles. The summed E-state index contributed by atoms with van der Waals surface area (Å²) in [6.45, 7) is 6.81. The Morgan fingerprint density at radius 2 is 1.44 bits per heavy atom. The van der Waals surface area contributed by atoms with Gasteiger partial charge in [-0.05, 0) is 25.8 Å². The van der Waals surface area contributed by atoms with Crippen LogP contribution in [0.1, 0.15) is 71.6 Å². The molecule has 1 unspecified atom stereocenters. The van der Waals surface area contributed by atoms with Crippen molar-refractivity contribution in [2.75, 3.05) is 26.7 Å². The summed E-state index contributed by atoms with van der Waals surface area (Å²) in [6.07, 6.45) is 12.3. The van der Waals surface area contributed by atoms with Gasteiger partial charge in [0, 0.05) is 13.1 Å². The summed E-state index contributed by atoms with van der Waals surface area (Å²) >= 11 is 0. The molecule has 0 fully saturated rings. The van der Waals surface area contributed by atoms with Gasteiger partial charge in [0.1, 0.15) is 0 Å². The Labute approximate surface area is 115 Å². The predicted octanol–water partition coefficient (Wildman–Crippen LogP) is 4.08. The third-order valence-corrected chi connectivity index (χ3v) is 3.73. The maximum atomic E-state index is 8.97. The van der Waals surface area contributed by atoms with Gasteiger partial charge in [-0.3, -0.25) is 0 Å². The lowest BCUT2D eigenvalue weighted by atomic mass is 9.94. The lowest BCUT2D eigenvalue weighted by Gasteiger charge is -2.23. The fourth-order valence-corrected chi connectivity index (χ4v) is 2.57. The van der Waals surface area contributed by atoms with E-state index in [-0.39, 0.29) is 6.61 Å². The van der Waals surface area contributed by atoms with E-state index >= 15 is 0 Å². The third-order valence-electron chi connectivity index (χ3n) is 3.73. The molecule has 0 amide bonds. The van der Waals surface area contributed by atoms with Crippen molar-refractivity contribution in [1.82, 2.24) is 4.90 Å². The zero-order chi connectivity index (χ0) is 13.6. The van der Waals surface area contributed by atoms with Gasteiger partial charge < -0.3 is 10.0 Å². The molecule has 0 rings (SSSR count). The van der Waals surface area contributed by atoms with Crippen molar-refractivity contribution in [2.45, 2.75) is 71.6 Å².